The fourth-order valence-corrected chi connectivity index (χ4v) is 3.40. The number of aliphatic carboxylic acids is 1. The lowest BCUT2D eigenvalue weighted by Crippen LogP contribution is -2.62. The van der Waals surface area contributed by atoms with Gasteiger partial charge in [-0.1, -0.05) is 53.4 Å². The highest BCUT2D eigenvalue weighted by Crippen LogP contribution is 2.30. The summed E-state index contributed by atoms with van der Waals surface area (Å²) in [4.78, 5) is 11.2. The van der Waals surface area contributed by atoms with E-state index in [1.165, 1.54) is 0 Å². The first kappa shape index (κ1) is 29.3. The summed E-state index contributed by atoms with van der Waals surface area (Å²) in [5.74, 6) is -1.05. The van der Waals surface area contributed by atoms with E-state index in [1.54, 1.807) is 0 Å². The van der Waals surface area contributed by atoms with E-state index in [1.807, 2.05) is 0 Å². The quantitative estimate of drug-likeness (QED) is 0.269. The Labute approximate surface area is 194 Å². The van der Waals surface area contributed by atoms with Crippen LogP contribution >= 0.6 is 0 Å². The van der Waals surface area contributed by atoms with E-state index in [9.17, 15) is 4.79 Å². The van der Waals surface area contributed by atoms with Crippen molar-refractivity contribution in [2.24, 2.45) is 0 Å². The standard InChI is InChI=1S/C24H46O8/c1-5-9-13-27-17-19-21(28-14-10-6-2)22(29-15-11-7-3)23(30-16-12-8-4)24(32-19)31-18-20(25)26/h19,21-24H,5-18H2,1-4H3,(H,25,26)/t19?,21-,22?,23-,24?/m1/s1. The molecule has 1 aliphatic rings. The van der Waals surface area contributed by atoms with Gasteiger partial charge < -0.3 is 33.5 Å². The molecule has 1 N–H and O–H groups in total. The summed E-state index contributed by atoms with van der Waals surface area (Å²) in [6.07, 6.45) is 5.09. The summed E-state index contributed by atoms with van der Waals surface area (Å²) < 4.78 is 36.4. The number of ether oxygens (including phenoxy) is 6. The van der Waals surface area contributed by atoms with E-state index < -0.39 is 37.2 Å². The lowest BCUT2D eigenvalue weighted by molar-refractivity contribution is -0.322. The number of hydrogen-bond acceptors (Lipinski definition) is 7. The van der Waals surface area contributed by atoms with E-state index >= 15 is 0 Å². The number of unbranched alkanes of at least 4 members (excludes halogenated alkanes) is 4. The van der Waals surface area contributed by atoms with Gasteiger partial charge in [-0.05, 0) is 25.7 Å². The van der Waals surface area contributed by atoms with Gasteiger partial charge in [-0.3, -0.25) is 0 Å². The molecule has 3 unspecified atom stereocenters. The molecule has 8 nitrogen and oxygen atoms in total. The third-order valence-electron chi connectivity index (χ3n) is 5.31. The monoisotopic (exact) mass is 462 g/mol. The van der Waals surface area contributed by atoms with Crippen molar-refractivity contribution >= 4 is 5.97 Å². The molecule has 0 radical (unpaired) electrons. The molecule has 0 amide bonds. The van der Waals surface area contributed by atoms with E-state index in [2.05, 4.69) is 27.7 Å². The highest BCUT2D eigenvalue weighted by atomic mass is 16.7. The van der Waals surface area contributed by atoms with Crippen molar-refractivity contribution in [3.8, 4) is 0 Å². The van der Waals surface area contributed by atoms with Crippen LogP contribution in [0.4, 0.5) is 0 Å². The Kier molecular flexibility index (Phi) is 17.0. The average molecular weight is 463 g/mol. The Balaban J connectivity index is 3.07. The van der Waals surface area contributed by atoms with Crippen LogP contribution in [0.25, 0.3) is 0 Å². The number of carbonyl (C=O) groups is 1. The zero-order chi connectivity index (χ0) is 23.6. The molecule has 32 heavy (non-hydrogen) atoms. The summed E-state index contributed by atoms with van der Waals surface area (Å²) >= 11 is 0. The molecule has 0 aromatic carbocycles. The van der Waals surface area contributed by atoms with Crippen LogP contribution in [-0.2, 0) is 33.2 Å². The largest absolute Gasteiger partial charge is 0.480 e. The van der Waals surface area contributed by atoms with Crippen LogP contribution in [0.3, 0.4) is 0 Å². The molecule has 0 aliphatic carbocycles. The molecular weight excluding hydrogens is 416 g/mol. The van der Waals surface area contributed by atoms with Crippen molar-refractivity contribution < 1.29 is 38.3 Å². The summed E-state index contributed by atoms with van der Waals surface area (Å²) in [6, 6.07) is 0. The molecule has 0 aromatic heterocycles. The maximum atomic E-state index is 11.2. The Bertz CT molecular complexity index is 461. The predicted molar refractivity (Wildman–Crippen MR) is 122 cm³/mol. The first-order chi connectivity index (χ1) is 15.6. The van der Waals surface area contributed by atoms with Crippen LogP contribution in [-0.4, -0.2) is 81.4 Å². The Hall–Kier alpha value is -0.770. The second kappa shape index (κ2) is 18.6. The summed E-state index contributed by atoms with van der Waals surface area (Å²) in [6.45, 7) is 10.6. The summed E-state index contributed by atoms with van der Waals surface area (Å²) in [5, 5.41) is 9.14. The Morgan fingerprint density at radius 3 is 1.75 bits per heavy atom. The van der Waals surface area contributed by atoms with Gasteiger partial charge in [0.15, 0.2) is 6.29 Å². The SMILES string of the molecule is CCCCOCC1OC(OCC(=O)O)[C@H](OCCCC)C(OCCCC)[C@@H]1OCCCC. The Morgan fingerprint density at radius 2 is 1.22 bits per heavy atom. The van der Waals surface area contributed by atoms with Gasteiger partial charge in [0, 0.05) is 26.4 Å². The highest BCUT2D eigenvalue weighted by molar-refractivity contribution is 5.68. The zero-order valence-electron chi connectivity index (χ0n) is 20.6. The molecule has 0 bridgehead atoms. The fraction of sp³-hybridized carbons (Fsp3) is 0.958. The van der Waals surface area contributed by atoms with Crippen LogP contribution in [0, 0.1) is 0 Å². The smallest absolute Gasteiger partial charge is 0.329 e. The molecule has 1 aliphatic heterocycles. The number of carboxylic acids is 1. The van der Waals surface area contributed by atoms with Crippen LogP contribution in [0.15, 0.2) is 0 Å². The van der Waals surface area contributed by atoms with Crippen LogP contribution in [0.5, 0.6) is 0 Å². The Morgan fingerprint density at radius 1 is 0.719 bits per heavy atom. The van der Waals surface area contributed by atoms with E-state index in [-0.39, 0.29) is 6.10 Å². The van der Waals surface area contributed by atoms with Gasteiger partial charge in [-0.15, -0.1) is 0 Å². The molecule has 0 saturated carbocycles. The molecule has 1 saturated heterocycles. The number of carboxylic acid groups (broad SMARTS) is 1. The van der Waals surface area contributed by atoms with Crippen molar-refractivity contribution in [3.05, 3.63) is 0 Å². The molecule has 1 fully saturated rings. The normalized spacial score (nSPS) is 25.8. The second-order valence-corrected chi connectivity index (χ2v) is 8.24. The predicted octanol–water partition coefficient (Wildman–Crippen LogP) is 4.19. The van der Waals surface area contributed by atoms with Crippen LogP contribution in [0.1, 0.15) is 79.1 Å². The topological polar surface area (TPSA) is 92.7 Å². The molecule has 1 rings (SSSR count). The van der Waals surface area contributed by atoms with Crippen molar-refractivity contribution in [1.29, 1.82) is 0 Å². The van der Waals surface area contributed by atoms with Gasteiger partial charge in [-0.25, -0.2) is 4.79 Å². The molecule has 1 heterocycles. The third kappa shape index (κ3) is 11.4. The molecular formula is C24H46O8. The van der Waals surface area contributed by atoms with Crippen molar-refractivity contribution in [2.45, 2.75) is 110 Å². The van der Waals surface area contributed by atoms with E-state index in [0.717, 1.165) is 51.4 Å². The zero-order valence-corrected chi connectivity index (χ0v) is 20.6. The first-order valence-corrected chi connectivity index (χ1v) is 12.5. The molecule has 0 aromatic rings. The third-order valence-corrected chi connectivity index (χ3v) is 5.31. The van der Waals surface area contributed by atoms with E-state index in [0.29, 0.717) is 33.0 Å². The summed E-state index contributed by atoms with van der Waals surface area (Å²) in [5.41, 5.74) is 0. The van der Waals surface area contributed by atoms with Crippen LogP contribution < -0.4 is 0 Å². The van der Waals surface area contributed by atoms with Crippen molar-refractivity contribution in [1.82, 2.24) is 0 Å². The lowest BCUT2D eigenvalue weighted by Gasteiger charge is -2.45. The minimum atomic E-state index is -1.05. The highest BCUT2D eigenvalue weighted by Gasteiger charge is 2.49. The van der Waals surface area contributed by atoms with Gasteiger partial charge in [0.1, 0.15) is 31.0 Å². The first-order valence-electron chi connectivity index (χ1n) is 12.5. The van der Waals surface area contributed by atoms with Crippen molar-refractivity contribution in [2.75, 3.05) is 39.6 Å². The number of hydrogen-bond donors (Lipinski definition) is 1. The van der Waals surface area contributed by atoms with Gasteiger partial charge in [0.05, 0.1) is 6.61 Å². The lowest BCUT2D eigenvalue weighted by atomic mass is 9.98. The fourth-order valence-electron chi connectivity index (χ4n) is 3.40. The van der Waals surface area contributed by atoms with E-state index in [4.69, 9.17) is 33.5 Å². The van der Waals surface area contributed by atoms with Crippen LogP contribution in [0.2, 0.25) is 0 Å². The summed E-state index contributed by atoms with van der Waals surface area (Å²) in [7, 11) is 0. The molecule has 0 spiro atoms. The molecule has 190 valence electrons. The van der Waals surface area contributed by atoms with Gasteiger partial charge in [0.25, 0.3) is 0 Å². The minimum Gasteiger partial charge on any atom is -0.480 e. The molecule has 5 atom stereocenters. The van der Waals surface area contributed by atoms with Gasteiger partial charge in [0.2, 0.25) is 0 Å². The second-order valence-electron chi connectivity index (χ2n) is 8.24. The van der Waals surface area contributed by atoms with Gasteiger partial charge >= 0.3 is 5.97 Å². The maximum Gasteiger partial charge on any atom is 0.329 e. The maximum absolute atomic E-state index is 11.2. The molecule has 8 heteroatoms. The van der Waals surface area contributed by atoms with Gasteiger partial charge in [-0.2, -0.15) is 0 Å². The van der Waals surface area contributed by atoms with Crippen molar-refractivity contribution in [3.63, 3.8) is 0 Å². The average Bonchev–Trinajstić information content (AvgIpc) is 2.78. The number of rotatable bonds is 20. The minimum absolute atomic E-state index is 0.332.